The Balaban J connectivity index is 1.30. The zero-order valence-corrected chi connectivity index (χ0v) is 21.7. The standard InChI is InChI=1S/C30H37N3O3/c1-20-27(29(34)35-19-22-9-6-8-21(16-22)18-32(2)3)28-24-17-23-10-7-15-33-14-5-4-13-30(23,33)36-26(24)12-11-25(28)31-20/h6,8-9,11-12,16,23,31H,4-5,7,10,13-15,17-19H2,1-3H3. The Kier molecular flexibility index (Phi) is 6.05. The summed E-state index contributed by atoms with van der Waals surface area (Å²) in [6.45, 7) is 5.35. The van der Waals surface area contributed by atoms with Gasteiger partial charge in [-0.2, -0.15) is 0 Å². The highest BCUT2D eigenvalue weighted by molar-refractivity contribution is 6.07. The number of hydrogen-bond donors (Lipinski definition) is 1. The fourth-order valence-electron chi connectivity index (χ4n) is 6.87. The number of hydrogen-bond acceptors (Lipinski definition) is 5. The Morgan fingerprint density at radius 2 is 2.00 bits per heavy atom. The van der Waals surface area contributed by atoms with E-state index in [-0.39, 0.29) is 18.3 Å². The van der Waals surface area contributed by atoms with E-state index in [1.54, 1.807) is 0 Å². The minimum Gasteiger partial charge on any atom is -0.472 e. The maximum Gasteiger partial charge on any atom is 0.340 e. The summed E-state index contributed by atoms with van der Waals surface area (Å²) in [4.78, 5) is 21.6. The smallest absolute Gasteiger partial charge is 0.340 e. The predicted octanol–water partition coefficient (Wildman–Crippen LogP) is 5.42. The molecule has 1 N–H and O–H groups in total. The second kappa shape index (κ2) is 9.24. The molecular formula is C30H37N3O3. The number of rotatable bonds is 5. The Labute approximate surface area is 213 Å². The number of piperidine rings is 2. The molecule has 36 heavy (non-hydrogen) atoms. The number of carbonyl (C=O) groups excluding carboxylic acids is 1. The van der Waals surface area contributed by atoms with E-state index >= 15 is 0 Å². The van der Waals surface area contributed by atoms with E-state index in [0.29, 0.717) is 11.5 Å². The number of nitrogens with zero attached hydrogens (tertiary/aromatic N) is 2. The Morgan fingerprint density at radius 3 is 2.86 bits per heavy atom. The molecule has 2 unspecified atom stereocenters. The van der Waals surface area contributed by atoms with Gasteiger partial charge in [0.2, 0.25) is 0 Å². The highest BCUT2D eigenvalue weighted by atomic mass is 16.5. The normalized spacial score (nSPS) is 23.6. The van der Waals surface area contributed by atoms with Crippen molar-refractivity contribution in [3.05, 3.63) is 64.3 Å². The van der Waals surface area contributed by atoms with Gasteiger partial charge in [-0.1, -0.05) is 24.3 Å². The van der Waals surface area contributed by atoms with Crippen LogP contribution in [-0.4, -0.2) is 53.7 Å². The molecule has 1 aromatic heterocycles. The summed E-state index contributed by atoms with van der Waals surface area (Å²) in [6, 6.07) is 12.4. The van der Waals surface area contributed by atoms with Crippen molar-refractivity contribution in [2.45, 2.75) is 64.3 Å². The van der Waals surface area contributed by atoms with E-state index in [2.05, 4.69) is 53.1 Å². The van der Waals surface area contributed by atoms with Gasteiger partial charge in [-0.15, -0.1) is 0 Å². The first-order chi connectivity index (χ1) is 17.4. The molecule has 4 heterocycles. The lowest BCUT2D eigenvalue weighted by molar-refractivity contribution is -0.177. The fourth-order valence-corrected chi connectivity index (χ4v) is 6.87. The van der Waals surface area contributed by atoms with Gasteiger partial charge in [-0.25, -0.2) is 4.79 Å². The van der Waals surface area contributed by atoms with E-state index in [1.807, 2.05) is 19.1 Å². The third kappa shape index (κ3) is 4.00. The van der Waals surface area contributed by atoms with Crippen molar-refractivity contribution in [3.63, 3.8) is 0 Å². The molecule has 2 saturated heterocycles. The molecule has 3 aliphatic rings. The molecule has 0 aliphatic carbocycles. The zero-order valence-electron chi connectivity index (χ0n) is 21.7. The molecule has 1 spiro atoms. The van der Waals surface area contributed by atoms with Gasteiger partial charge in [-0.05, 0) is 76.4 Å². The number of carbonyl (C=O) groups is 1. The van der Waals surface area contributed by atoms with Crippen LogP contribution in [0.4, 0.5) is 0 Å². The number of H-pyrrole nitrogens is 1. The molecule has 190 valence electrons. The van der Waals surface area contributed by atoms with E-state index in [1.165, 1.54) is 36.8 Å². The van der Waals surface area contributed by atoms with Gasteiger partial charge in [-0.3, -0.25) is 4.90 Å². The molecule has 6 nitrogen and oxygen atoms in total. The van der Waals surface area contributed by atoms with Gasteiger partial charge in [0.05, 0.1) is 5.56 Å². The van der Waals surface area contributed by atoms with Gasteiger partial charge >= 0.3 is 5.97 Å². The summed E-state index contributed by atoms with van der Waals surface area (Å²) in [5.74, 6) is 1.13. The van der Waals surface area contributed by atoms with Crippen LogP contribution < -0.4 is 4.74 Å². The van der Waals surface area contributed by atoms with Crippen molar-refractivity contribution in [3.8, 4) is 5.75 Å². The van der Waals surface area contributed by atoms with Crippen LogP contribution >= 0.6 is 0 Å². The molecule has 0 saturated carbocycles. The molecule has 0 amide bonds. The lowest BCUT2D eigenvalue weighted by atomic mass is 9.74. The summed E-state index contributed by atoms with van der Waals surface area (Å²) in [6.07, 6.45) is 6.93. The quantitative estimate of drug-likeness (QED) is 0.487. The molecule has 0 bridgehead atoms. The van der Waals surface area contributed by atoms with Crippen molar-refractivity contribution in [2.75, 3.05) is 27.2 Å². The largest absolute Gasteiger partial charge is 0.472 e. The monoisotopic (exact) mass is 487 g/mol. The highest BCUT2D eigenvalue weighted by Crippen LogP contribution is 2.50. The summed E-state index contributed by atoms with van der Waals surface area (Å²) in [5, 5.41) is 0.985. The lowest BCUT2D eigenvalue weighted by Gasteiger charge is -2.56. The molecule has 2 aromatic carbocycles. The summed E-state index contributed by atoms with van der Waals surface area (Å²) >= 11 is 0. The third-order valence-corrected chi connectivity index (χ3v) is 8.39. The lowest BCUT2D eigenvalue weighted by Crippen LogP contribution is -2.64. The maximum absolute atomic E-state index is 13.5. The van der Waals surface area contributed by atoms with Gasteiger partial charge in [0, 0.05) is 54.1 Å². The van der Waals surface area contributed by atoms with Crippen molar-refractivity contribution in [2.24, 2.45) is 5.92 Å². The van der Waals surface area contributed by atoms with Crippen LogP contribution in [0.25, 0.3) is 10.9 Å². The summed E-state index contributed by atoms with van der Waals surface area (Å²) < 4.78 is 12.8. The molecule has 0 radical (unpaired) electrons. The number of aromatic amines is 1. The molecule has 6 rings (SSSR count). The number of aryl methyl sites for hydroxylation is 1. The van der Waals surface area contributed by atoms with Crippen LogP contribution in [0.3, 0.4) is 0 Å². The van der Waals surface area contributed by atoms with Crippen molar-refractivity contribution < 1.29 is 14.3 Å². The van der Waals surface area contributed by atoms with Crippen LogP contribution in [0.2, 0.25) is 0 Å². The fraction of sp³-hybridized carbons (Fsp3) is 0.500. The maximum atomic E-state index is 13.5. The molecule has 6 heteroatoms. The Bertz CT molecular complexity index is 1290. The minimum absolute atomic E-state index is 0.166. The Hall–Kier alpha value is -2.83. The molecule has 3 aromatic rings. The molecule has 2 atom stereocenters. The molecule has 3 aliphatic heterocycles. The first-order valence-electron chi connectivity index (χ1n) is 13.4. The van der Waals surface area contributed by atoms with Crippen LogP contribution in [0.15, 0.2) is 36.4 Å². The second-order valence-electron chi connectivity index (χ2n) is 11.2. The average Bonchev–Trinajstić information content (AvgIpc) is 3.21. The van der Waals surface area contributed by atoms with E-state index < -0.39 is 0 Å². The number of esters is 1. The number of nitrogens with one attached hydrogen (secondary N) is 1. The highest BCUT2D eigenvalue weighted by Gasteiger charge is 2.52. The Morgan fingerprint density at radius 1 is 1.17 bits per heavy atom. The number of aromatic nitrogens is 1. The van der Waals surface area contributed by atoms with Crippen molar-refractivity contribution >= 4 is 16.9 Å². The van der Waals surface area contributed by atoms with Crippen LogP contribution in [0, 0.1) is 12.8 Å². The van der Waals surface area contributed by atoms with Gasteiger partial charge in [0.1, 0.15) is 12.4 Å². The van der Waals surface area contributed by atoms with Crippen LogP contribution in [0.5, 0.6) is 5.75 Å². The zero-order chi connectivity index (χ0) is 24.9. The molecule has 2 fully saturated rings. The second-order valence-corrected chi connectivity index (χ2v) is 11.2. The van der Waals surface area contributed by atoms with Crippen LogP contribution in [-0.2, 0) is 24.3 Å². The van der Waals surface area contributed by atoms with Gasteiger partial charge < -0.3 is 19.4 Å². The van der Waals surface area contributed by atoms with E-state index in [0.717, 1.165) is 60.4 Å². The van der Waals surface area contributed by atoms with Crippen molar-refractivity contribution in [1.82, 2.24) is 14.8 Å². The van der Waals surface area contributed by atoms with Crippen molar-refractivity contribution in [1.29, 1.82) is 0 Å². The topological polar surface area (TPSA) is 57.8 Å². The average molecular weight is 488 g/mol. The third-order valence-electron chi connectivity index (χ3n) is 8.39. The first-order valence-corrected chi connectivity index (χ1v) is 13.4. The van der Waals surface area contributed by atoms with Gasteiger partial charge in [0.15, 0.2) is 5.72 Å². The van der Waals surface area contributed by atoms with Crippen LogP contribution in [0.1, 0.15) is 64.8 Å². The number of fused-ring (bicyclic) bond motifs is 3. The minimum atomic E-state index is -0.270. The van der Waals surface area contributed by atoms with E-state index in [4.69, 9.17) is 9.47 Å². The summed E-state index contributed by atoms with van der Waals surface area (Å²) in [7, 11) is 4.11. The van der Waals surface area contributed by atoms with E-state index in [9.17, 15) is 4.79 Å². The number of ether oxygens (including phenoxy) is 2. The predicted molar refractivity (Wildman–Crippen MR) is 141 cm³/mol. The van der Waals surface area contributed by atoms with Gasteiger partial charge in [0.25, 0.3) is 0 Å². The summed E-state index contributed by atoms with van der Waals surface area (Å²) in [5.41, 5.74) is 5.71. The SMILES string of the molecule is Cc1[nH]c2ccc3c(c2c1C(=O)OCc1cccc(CN(C)C)c1)CC1CCCN2CCCCC12O3. The first kappa shape index (κ1) is 23.6. The molecular weight excluding hydrogens is 450 g/mol. The number of benzene rings is 2.